The monoisotopic (exact) mass is 347 g/mol. The molecule has 9 heteroatoms. The molecule has 1 saturated heterocycles. The van der Waals surface area contributed by atoms with E-state index in [0.29, 0.717) is 32.0 Å². The van der Waals surface area contributed by atoms with E-state index in [1.165, 1.54) is 0 Å². The van der Waals surface area contributed by atoms with Crippen molar-refractivity contribution >= 4 is 35.1 Å². The van der Waals surface area contributed by atoms with Gasteiger partial charge in [0.15, 0.2) is 11.0 Å². The second kappa shape index (κ2) is 6.83. The molecule has 0 saturated carbocycles. The molecule has 1 aromatic rings. The van der Waals surface area contributed by atoms with Gasteiger partial charge in [0.1, 0.15) is 5.60 Å². The van der Waals surface area contributed by atoms with E-state index >= 15 is 0 Å². The second-order valence-electron chi connectivity index (χ2n) is 6.00. The van der Waals surface area contributed by atoms with Crippen molar-refractivity contribution in [2.75, 3.05) is 31.1 Å². The summed E-state index contributed by atoms with van der Waals surface area (Å²) in [5.41, 5.74) is -0.503. The van der Waals surface area contributed by atoms with Crippen LogP contribution in [0.2, 0.25) is 10.4 Å². The van der Waals surface area contributed by atoms with E-state index in [2.05, 4.69) is 15.2 Å². The van der Waals surface area contributed by atoms with Gasteiger partial charge < -0.3 is 14.5 Å². The molecule has 1 aliphatic rings. The van der Waals surface area contributed by atoms with Crippen molar-refractivity contribution in [3.63, 3.8) is 0 Å². The maximum atomic E-state index is 12.1. The van der Waals surface area contributed by atoms with Crippen molar-refractivity contribution in [2.45, 2.75) is 32.8 Å². The van der Waals surface area contributed by atoms with Gasteiger partial charge in [0.25, 0.3) is 0 Å². The summed E-state index contributed by atoms with van der Waals surface area (Å²) in [6.07, 6.45) is 0.469. The molecule has 0 radical (unpaired) electrons. The minimum Gasteiger partial charge on any atom is -0.444 e. The SMILES string of the molecule is CC(C)(C)OC(=O)N1CCCN(c2nc(Cl)nnc2Cl)CC1. The van der Waals surface area contributed by atoms with E-state index in [9.17, 15) is 4.79 Å². The summed E-state index contributed by atoms with van der Waals surface area (Å²) >= 11 is 11.8. The van der Waals surface area contributed by atoms with Gasteiger partial charge in [-0.05, 0) is 38.8 Å². The average Bonchev–Trinajstić information content (AvgIpc) is 2.65. The molecule has 22 heavy (non-hydrogen) atoms. The molecule has 1 amide bonds. The average molecular weight is 348 g/mol. The van der Waals surface area contributed by atoms with Crippen LogP contribution in [0.15, 0.2) is 0 Å². The molecule has 7 nitrogen and oxygen atoms in total. The van der Waals surface area contributed by atoms with E-state index in [1.54, 1.807) is 4.90 Å². The number of carbonyl (C=O) groups is 1. The number of hydrogen-bond donors (Lipinski definition) is 0. The standard InChI is InChI=1S/C13H19Cl2N5O2/c1-13(2,3)22-12(21)20-6-4-5-19(7-8-20)10-9(14)17-18-11(15)16-10/h4-8H2,1-3H3. The van der Waals surface area contributed by atoms with Crippen LogP contribution >= 0.6 is 23.2 Å². The fourth-order valence-electron chi connectivity index (χ4n) is 2.13. The van der Waals surface area contributed by atoms with Gasteiger partial charge in [-0.25, -0.2) is 4.79 Å². The summed E-state index contributed by atoms with van der Waals surface area (Å²) in [7, 11) is 0. The van der Waals surface area contributed by atoms with Crippen LogP contribution in [-0.4, -0.2) is 58.0 Å². The Morgan fingerprint density at radius 1 is 1.14 bits per heavy atom. The fourth-order valence-corrected chi connectivity index (χ4v) is 2.44. The number of anilines is 1. The molecular formula is C13H19Cl2N5O2. The number of halogens is 2. The van der Waals surface area contributed by atoms with E-state index in [-0.39, 0.29) is 16.5 Å². The van der Waals surface area contributed by atoms with Gasteiger partial charge in [0.05, 0.1) is 0 Å². The highest BCUT2D eigenvalue weighted by Crippen LogP contribution is 2.23. The largest absolute Gasteiger partial charge is 0.444 e. The zero-order chi connectivity index (χ0) is 16.3. The Hall–Kier alpha value is -1.34. The molecule has 2 heterocycles. The topological polar surface area (TPSA) is 71.5 Å². The van der Waals surface area contributed by atoms with Gasteiger partial charge in [0, 0.05) is 26.2 Å². The molecule has 1 aromatic heterocycles. The summed E-state index contributed by atoms with van der Waals surface area (Å²) in [4.78, 5) is 19.9. The summed E-state index contributed by atoms with van der Waals surface area (Å²) in [5.74, 6) is 0.493. The highest BCUT2D eigenvalue weighted by molar-refractivity contribution is 6.32. The van der Waals surface area contributed by atoms with Gasteiger partial charge >= 0.3 is 6.09 Å². The number of carbonyl (C=O) groups excluding carboxylic acids is 1. The number of ether oxygens (including phenoxy) is 1. The second-order valence-corrected chi connectivity index (χ2v) is 6.70. The zero-order valence-electron chi connectivity index (χ0n) is 12.8. The summed E-state index contributed by atoms with van der Waals surface area (Å²) in [5, 5.41) is 7.62. The Kier molecular flexibility index (Phi) is 5.28. The van der Waals surface area contributed by atoms with Gasteiger partial charge in [-0.2, -0.15) is 4.98 Å². The minimum atomic E-state index is -0.503. The Labute approximate surface area is 139 Å². The number of hydrogen-bond acceptors (Lipinski definition) is 6. The quantitative estimate of drug-likeness (QED) is 0.777. The summed E-state index contributed by atoms with van der Waals surface area (Å²) in [6, 6.07) is 0. The maximum absolute atomic E-state index is 12.1. The van der Waals surface area contributed by atoms with Crippen molar-refractivity contribution in [1.82, 2.24) is 20.1 Å². The van der Waals surface area contributed by atoms with Crippen LogP contribution in [0.25, 0.3) is 0 Å². The number of aromatic nitrogens is 3. The predicted octanol–water partition coefficient (Wildman–Crippen LogP) is 2.63. The van der Waals surface area contributed by atoms with Crippen molar-refractivity contribution < 1.29 is 9.53 Å². The van der Waals surface area contributed by atoms with Crippen LogP contribution in [0.5, 0.6) is 0 Å². The molecule has 0 unspecified atom stereocenters. The molecular weight excluding hydrogens is 329 g/mol. The first kappa shape index (κ1) is 17.0. The Balaban J connectivity index is 2.03. The van der Waals surface area contributed by atoms with Crippen LogP contribution in [-0.2, 0) is 4.74 Å². The lowest BCUT2D eigenvalue weighted by Gasteiger charge is -2.26. The van der Waals surface area contributed by atoms with E-state index in [0.717, 1.165) is 6.42 Å². The van der Waals surface area contributed by atoms with Gasteiger partial charge in [-0.15, -0.1) is 10.2 Å². The van der Waals surface area contributed by atoms with Crippen LogP contribution in [0, 0.1) is 0 Å². The van der Waals surface area contributed by atoms with E-state index < -0.39 is 5.60 Å². The van der Waals surface area contributed by atoms with Gasteiger partial charge in [-0.3, -0.25) is 0 Å². The number of rotatable bonds is 1. The molecule has 2 rings (SSSR count). The molecule has 0 N–H and O–H groups in total. The summed E-state index contributed by atoms with van der Waals surface area (Å²) < 4.78 is 5.40. The predicted molar refractivity (Wildman–Crippen MR) is 84.5 cm³/mol. The fraction of sp³-hybridized carbons (Fsp3) is 0.692. The normalized spacial score (nSPS) is 16.4. The smallest absolute Gasteiger partial charge is 0.410 e. The van der Waals surface area contributed by atoms with Crippen molar-refractivity contribution in [1.29, 1.82) is 0 Å². The van der Waals surface area contributed by atoms with E-state index in [4.69, 9.17) is 27.9 Å². The first-order valence-corrected chi connectivity index (χ1v) is 7.80. The molecule has 0 spiro atoms. The molecule has 0 aromatic carbocycles. The highest BCUT2D eigenvalue weighted by Gasteiger charge is 2.25. The molecule has 0 atom stereocenters. The molecule has 1 aliphatic heterocycles. The van der Waals surface area contributed by atoms with Crippen LogP contribution < -0.4 is 4.90 Å². The highest BCUT2D eigenvalue weighted by atomic mass is 35.5. The lowest BCUT2D eigenvalue weighted by atomic mass is 10.2. The lowest BCUT2D eigenvalue weighted by molar-refractivity contribution is 0.0263. The lowest BCUT2D eigenvalue weighted by Crippen LogP contribution is -2.39. The number of amides is 1. The maximum Gasteiger partial charge on any atom is 0.410 e. The third-order valence-electron chi connectivity index (χ3n) is 3.05. The van der Waals surface area contributed by atoms with Gasteiger partial charge in [-0.1, -0.05) is 11.6 Å². The third-order valence-corrected chi connectivity index (χ3v) is 3.45. The van der Waals surface area contributed by atoms with Crippen LogP contribution in [0.4, 0.5) is 10.6 Å². The summed E-state index contributed by atoms with van der Waals surface area (Å²) in [6.45, 7) is 7.97. The molecule has 122 valence electrons. The number of nitrogens with zero attached hydrogens (tertiary/aromatic N) is 5. The van der Waals surface area contributed by atoms with Crippen molar-refractivity contribution in [3.05, 3.63) is 10.4 Å². The third kappa shape index (κ3) is 4.58. The molecule has 0 bridgehead atoms. The van der Waals surface area contributed by atoms with Crippen LogP contribution in [0.1, 0.15) is 27.2 Å². The first-order valence-electron chi connectivity index (χ1n) is 7.05. The molecule has 0 aliphatic carbocycles. The zero-order valence-corrected chi connectivity index (χ0v) is 14.4. The Morgan fingerprint density at radius 2 is 1.86 bits per heavy atom. The first-order chi connectivity index (χ1) is 10.3. The Morgan fingerprint density at radius 3 is 2.55 bits per heavy atom. The molecule has 1 fully saturated rings. The van der Waals surface area contributed by atoms with Crippen molar-refractivity contribution in [3.8, 4) is 0 Å². The van der Waals surface area contributed by atoms with Crippen LogP contribution in [0.3, 0.4) is 0 Å². The minimum absolute atomic E-state index is 0.0487. The van der Waals surface area contributed by atoms with Crippen molar-refractivity contribution in [2.24, 2.45) is 0 Å². The van der Waals surface area contributed by atoms with Gasteiger partial charge in [0.2, 0.25) is 5.28 Å². The Bertz CT molecular complexity index is 550. The van der Waals surface area contributed by atoms with E-state index in [1.807, 2.05) is 25.7 Å².